The molecule has 4 aromatic rings. The van der Waals surface area contributed by atoms with Crippen LogP contribution in [-0.4, -0.2) is 47.9 Å². The third-order valence-electron chi connectivity index (χ3n) is 4.78. The zero-order chi connectivity index (χ0) is 17.5. The highest BCUT2D eigenvalue weighted by Crippen LogP contribution is 2.27. The summed E-state index contributed by atoms with van der Waals surface area (Å²) in [4.78, 5) is 8.71. The fourth-order valence-corrected chi connectivity index (χ4v) is 3.38. The van der Waals surface area contributed by atoms with Crippen LogP contribution < -0.4 is 5.32 Å². The van der Waals surface area contributed by atoms with Crippen LogP contribution in [0.1, 0.15) is 19.8 Å². The molecule has 8 heteroatoms. The molecule has 0 amide bonds. The third-order valence-corrected chi connectivity index (χ3v) is 4.78. The number of rotatable bonds is 5. The van der Waals surface area contributed by atoms with Gasteiger partial charge in [0.15, 0.2) is 5.65 Å². The van der Waals surface area contributed by atoms with Crippen LogP contribution in [0, 0.1) is 0 Å². The molecular formula is C18H19N7O. The summed E-state index contributed by atoms with van der Waals surface area (Å²) in [5.74, 6) is 0.637. The fourth-order valence-electron chi connectivity index (χ4n) is 3.38. The van der Waals surface area contributed by atoms with E-state index in [0.29, 0.717) is 18.1 Å². The van der Waals surface area contributed by atoms with Gasteiger partial charge in [0.2, 0.25) is 5.95 Å². The van der Waals surface area contributed by atoms with Crippen molar-refractivity contribution in [2.24, 2.45) is 0 Å². The molecule has 8 nitrogen and oxygen atoms in total. The minimum Gasteiger partial charge on any atom is -0.378 e. The lowest BCUT2D eigenvalue weighted by atomic mass is 9.89. The summed E-state index contributed by atoms with van der Waals surface area (Å²) < 4.78 is 9.19. The minimum absolute atomic E-state index is 0.364. The number of hydrogen-bond acceptors (Lipinski definition) is 6. The molecule has 0 bridgehead atoms. The van der Waals surface area contributed by atoms with Crippen molar-refractivity contribution >= 4 is 17.1 Å². The number of imidazole rings is 1. The van der Waals surface area contributed by atoms with Crippen LogP contribution in [0.15, 0.2) is 43.0 Å². The van der Waals surface area contributed by atoms with Gasteiger partial charge in [0.1, 0.15) is 0 Å². The van der Waals surface area contributed by atoms with Gasteiger partial charge >= 0.3 is 0 Å². The smallest absolute Gasteiger partial charge is 0.241 e. The zero-order valence-electron chi connectivity index (χ0n) is 14.4. The normalized spacial score (nSPS) is 19.7. The molecule has 1 aliphatic carbocycles. The standard InChI is InChI=1S/C18H19N7O/c1-2-26-13-9-12(10-13)21-18-20-11-16-14(5-7-24(16)23-18)15-3-4-17-19-6-8-25(17)22-15/h3-8,11-13H,2,9-10H2,1H3,(H,21,23)/t12-,13+. The number of nitrogens with one attached hydrogen (secondary N) is 1. The highest BCUT2D eigenvalue weighted by molar-refractivity contribution is 5.78. The SMILES string of the molecule is CCO[C@H]1C[C@@H](Nc2ncc3c(-c4ccc5nccn5n4)ccn3n2)C1. The molecule has 0 atom stereocenters. The molecule has 0 aromatic carbocycles. The number of hydrogen-bond donors (Lipinski definition) is 1. The monoisotopic (exact) mass is 349 g/mol. The Morgan fingerprint density at radius 1 is 1.12 bits per heavy atom. The largest absolute Gasteiger partial charge is 0.378 e. The Hall–Kier alpha value is -3.00. The van der Waals surface area contributed by atoms with Gasteiger partial charge in [-0.3, -0.25) is 0 Å². The molecule has 1 aliphatic rings. The van der Waals surface area contributed by atoms with Gasteiger partial charge < -0.3 is 10.1 Å². The van der Waals surface area contributed by atoms with Crippen LogP contribution in [0.5, 0.6) is 0 Å². The zero-order valence-corrected chi connectivity index (χ0v) is 14.4. The molecule has 1 saturated carbocycles. The van der Waals surface area contributed by atoms with Gasteiger partial charge in [-0.1, -0.05) is 0 Å². The average Bonchev–Trinajstić information content (AvgIpc) is 3.25. The van der Waals surface area contributed by atoms with Crippen molar-refractivity contribution in [1.82, 2.24) is 29.2 Å². The van der Waals surface area contributed by atoms with Gasteiger partial charge in [-0.2, -0.15) is 5.10 Å². The van der Waals surface area contributed by atoms with Crippen LogP contribution in [0.4, 0.5) is 5.95 Å². The Balaban J connectivity index is 1.39. The maximum atomic E-state index is 5.59. The summed E-state index contributed by atoms with van der Waals surface area (Å²) in [7, 11) is 0. The molecule has 0 spiro atoms. The predicted octanol–water partition coefficient (Wildman–Crippen LogP) is 2.42. The third kappa shape index (κ3) is 2.59. The molecule has 1 fully saturated rings. The Morgan fingerprint density at radius 2 is 2.04 bits per heavy atom. The Bertz CT molecular complexity index is 1060. The van der Waals surface area contributed by atoms with E-state index in [1.54, 1.807) is 10.7 Å². The van der Waals surface area contributed by atoms with Gasteiger partial charge in [-0.15, -0.1) is 5.10 Å². The molecule has 132 valence electrons. The van der Waals surface area contributed by atoms with E-state index in [0.717, 1.165) is 41.9 Å². The van der Waals surface area contributed by atoms with Crippen molar-refractivity contribution in [2.45, 2.75) is 31.9 Å². The topological polar surface area (TPSA) is 81.6 Å². The van der Waals surface area contributed by atoms with E-state index in [2.05, 4.69) is 25.5 Å². The van der Waals surface area contributed by atoms with Gasteiger partial charge in [-0.25, -0.2) is 19.0 Å². The lowest BCUT2D eigenvalue weighted by Gasteiger charge is -2.35. The number of anilines is 1. The van der Waals surface area contributed by atoms with Crippen molar-refractivity contribution in [3.63, 3.8) is 0 Å². The van der Waals surface area contributed by atoms with Gasteiger partial charge in [-0.05, 0) is 38.0 Å². The van der Waals surface area contributed by atoms with Crippen LogP contribution in [0.2, 0.25) is 0 Å². The maximum Gasteiger partial charge on any atom is 0.241 e. The van der Waals surface area contributed by atoms with E-state index in [9.17, 15) is 0 Å². The first kappa shape index (κ1) is 15.3. The van der Waals surface area contributed by atoms with Crippen molar-refractivity contribution in [3.05, 3.63) is 43.0 Å². The molecule has 26 heavy (non-hydrogen) atoms. The van der Waals surface area contributed by atoms with Crippen molar-refractivity contribution < 1.29 is 4.74 Å². The molecule has 1 N–H and O–H groups in total. The molecule has 5 rings (SSSR count). The lowest BCUT2D eigenvalue weighted by molar-refractivity contribution is 0.00283. The second-order valence-electron chi connectivity index (χ2n) is 6.48. The molecule has 0 unspecified atom stereocenters. The van der Waals surface area contributed by atoms with Crippen molar-refractivity contribution in [3.8, 4) is 11.3 Å². The Labute approximate surface area is 149 Å². The van der Waals surface area contributed by atoms with Crippen LogP contribution in [0.25, 0.3) is 22.4 Å². The summed E-state index contributed by atoms with van der Waals surface area (Å²) in [5.41, 5.74) is 3.60. The Kier molecular flexibility index (Phi) is 3.56. The summed E-state index contributed by atoms with van der Waals surface area (Å²) in [6, 6.07) is 6.30. The molecule has 0 radical (unpaired) electrons. The Morgan fingerprint density at radius 3 is 2.92 bits per heavy atom. The first-order valence-electron chi connectivity index (χ1n) is 8.83. The maximum absolute atomic E-state index is 5.59. The minimum atomic E-state index is 0.364. The molecule has 0 aliphatic heterocycles. The highest BCUT2D eigenvalue weighted by atomic mass is 16.5. The average molecular weight is 349 g/mol. The predicted molar refractivity (Wildman–Crippen MR) is 97.0 cm³/mol. The van der Waals surface area contributed by atoms with Gasteiger partial charge in [0, 0.05) is 36.8 Å². The van der Waals surface area contributed by atoms with Crippen LogP contribution >= 0.6 is 0 Å². The lowest BCUT2D eigenvalue weighted by Crippen LogP contribution is -2.41. The summed E-state index contributed by atoms with van der Waals surface area (Å²) in [6.45, 7) is 2.80. The summed E-state index contributed by atoms with van der Waals surface area (Å²) in [6.07, 6.45) is 9.71. The highest BCUT2D eigenvalue weighted by Gasteiger charge is 2.30. The van der Waals surface area contributed by atoms with E-state index in [1.165, 1.54) is 0 Å². The second kappa shape index (κ2) is 6.06. The number of nitrogens with zero attached hydrogens (tertiary/aromatic N) is 6. The van der Waals surface area contributed by atoms with E-state index in [1.807, 2.05) is 48.2 Å². The molecular weight excluding hydrogens is 330 g/mol. The van der Waals surface area contributed by atoms with E-state index in [4.69, 9.17) is 4.74 Å². The summed E-state index contributed by atoms with van der Waals surface area (Å²) >= 11 is 0. The van der Waals surface area contributed by atoms with Crippen molar-refractivity contribution in [2.75, 3.05) is 11.9 Å². The second-order valence-corrected chi connectivity index (χ2v) is 6.48. The van der Waals surface area contributed by atoms with Crippen LogP contribution in [-0.2, 0) is 4.74 Å². The molecule has 4 heterocycles. The van der Waals surface area contributed by atoms with Crippen LogP contribution in [0.3, 0.4) is 0 Å². The number of ether oxygens (including phenoxy) is 1. The quantitative estimate of drug-likeness (QED) is 0.596. The summed E-state index contributed by atoms with van der Waals surface area (Å²) in [5, 5.41) is 12.6. The first-order chi connectivity index (χ1) is 12.8. The molecule has 0 saturated heterocycles. The van der Waals surface area contributed by atoms with Crippen molar-refractivity contribution in [1.29, 1.82) is 0 Å². The van der Waals surface area contributed by atoms with Gasteiger partial charge in [0.25, 0.3) is 0 Å². The van der Waals surface area contributed by atoms with E-state index in [-0.39, 0.29) is 0 Å². The van der Waals surface area contributed by atoms with Gasteiger partial charge in [0.05, 0.1) is 23.5 Å². The molecule has 4 aromatic heterocycles. The van der Waals surface area contributed by atoms with E-state index >= 15 is 0 Å². The van der Waals surface area contributed by atoms with E-state index < -0.39 is 0 Å². The number of aromatic nitrogens is 6. The fraction of sp³-hybridized carbons (Fsp3) is 0.333. The first-order valence-corrected chi connectivity index (χ1v) is 8.83. The number of fused-ring (bicyclic) bond motifs is 2.